The maximum absolute atomic E-state index is 13.4. The van der Waals surface area contributed by atoms with Gasteiger partial charge in [0.05, 0.1) is 0 Å². The molecule has 0 aliphatic rings. The molecule has 2 aromatic rings. The lowest BCUT2D eigenvalue weighted by Crippen LogP contribution is -2.11. The van der Waals surface area contributed by atoms with Crippen molar-refractivity contribution in [3.63, 3.8) is 0 Å². The van der Waals surface area contributed by atoms with Crippen LogP contribution in [0, 0.1) is 11.7 Å². The van der Waals surface area contributed by atoms with E-state index < -0.39 is 0 Å². The van der Waals surface area contributed by atoms with Gasteiger partial charge in [-0.25, -0.2) is 20.2 Å². The van der Waals surface area contributed by atoms with E-state index in [0.29, 0.717) is 23.1 Å². The smallest absolute Gasteiger partial charge is 0.163 e. The third kappa shape index (κ3) is 3.52. The molecule has 0 saturated carbocycles. The van der Waals surface area contributed by atoms with Crippen LogP contribution in [-0.4, -0.2) is 9.97 Å². The molecule has 106 valence electrons. The van der Waals surface area contributed by atoms with E-state index in [0.717, 1.165) is 16.6 Å². The van der Waals surface area contributed by atoms with Crippen LogP contribution in [0.5, 0.6) is 0 Å². The molecule has 1 heterocycles. The van der Waals surface area contributed by atoms with Gasteiger partial charge in [-0.05, 0) is 30.5 Å². The Morgan fingerprint density at radius 1 is 1.30 bits per heavy atom. The number of nitrogens with one attached hydrogen (secondary N) is 1. The van der Waals surface area contributed by atoms with Crippen molar-refractivity contribution >= 4 is 21.7 Å². The van der Waals surface area contributed by atoms with E-state index in [-0.39, 0.29) is 5.82 Å². The Hall–Kier alpha value is -1.53. The van der Waals surface area contributed by atoms with Crippen molar-refractivity contribution in [2.24, 2.45) is 11.8 Å². The van der Waals surface area contributed by atoms with E-state index in [1.54, 1.807) is 12.1 Å². The number of nitrogen functional groups attached to an aromatic ring is 1. The average Bonchev–Trinajstić information content (AvgIpc) is 2.40. The van der Waals surface area contributed by atoms with Crippen LogP contribution in [0.2, 0.25) is 0 Å². The van der Waals surface area contributed by atoms with Crippen molar-refractivity contribution < 1.29 is 4.39 Å². The predicted octanol–water partition coefficient (Wildman–Crippen LogP) is 3.53. The van der Waals surface area contributed by atoms with Crippen LogP contribution >= 0.6 is 15.9 Å². The van der Waals surface area contributed by atoms with Gasteiger partial charge in [-0.3, -0.25) is 0 Å². The number of benzene rings is 1. The number of aromatic nitrogens is 2. The van der Waals surface area contributed by atoms with Gasteiger partial charge in [0.1, 0.15) is 11.6 Å². The molecule has 0 radical (unpaired) electrons. The highest BCUT2D eigenvalue weighted by Gasteiger charge is 2.11. The number of rotatable bonds is 4. The Bertz CT molecular complexity index is 616. The zero-order valence-corrected chi connectivity index (χ0v) is 12.9. The lowest BCUT2D eigenvalue weighted by Gasteiger charge is -2.10. The first-order chi connectivity index (χ1) is 9.49. The summed E-state index contributed by atoms with van der Waals surface area (Å²) in [5.41, 5.74) is 4.00. The molecule has 20 heavy (non-hydrogen) atoms. The van der Waals surface area contributed by atoms with E-state index in [1.165, 1.54) is 12.1 Å². The van der Waals surface area contributed by atoms with Crippen LogP contribution in [0.4, 0.5) is 10.2 Å². The molecule has 0 atom stereocenters. The largest absolute Gasteiger partial charge is 0.308 e. The van der Waals surface area contributed by atoms with Gasteiger partial charge >= 0.3 is 0 Å². The lowest BCUT2D eigenvalue weighted by atomic mass is 10.1. The van der Waals surface area contributed by atoms with Crippen molar-refractivity contribution in [1.29, 1.82) is 0 Å². The molecule has 2 rings (SSSR count). The fourth-order valence-electron chi connectivity index (χ4n) is 1.88. The quantitative estimate of drug-likeness (QED) is 0.661. The fraction of sp³-hybridized carbons (Fsp3) is 0.286. The lowest BCUT2D eigenvalue weighted by molar-refractivity contribution is 0.627. The summed E-state index contributed by atoms with van der Waals surface area (Å²) in [5.74, 6) is 6.53. The second-order valence-electron chi connectivity index (χ2n) is 4.93. The predicted molar refractivity (Wildman–Crippen MR) is 81.5 cm³/mol. The maximum atomic E-state index is 13.4. The molecule has 6 heteroatoms. The van der Waals surface area contributed by atoms with Crippen LogP contribution in [-0.2, 0) is 6.42 Å². The van der Waals surface area contributed by atoms with Crippen LogP contribution in [0.3, 0.4) is 0 Å². The van der Waals surface area contributed by atoms with Gasteiger partial charge in [0.15, 0.2) is 5.82 Å². The second-order valence-corrected chi connectivity index (χ2v) is 5.79. The van der Waals surface area contributed by atoms with Gasteiger partial charge in [0.2, 0.25) is 0 Å². The zero-order chi connectivity index (χ0) is 14.7. The Kier molecular flexibility index (Phi) is 4.67. The van der Waals surface area contributed by atoms with Gasteiger partial charge < -0.3 is 5.43 Å². The highest BCUT2D eigenvalue weighted by molar-refractivity contribution is 9.10. The number of hydrogen-bond acceptors (Lipinski definition) is 4. The van der Waals surface area contributed by atoms with Crippen molar-refractivity contribution in [1.82, 2.24) is 9.97 Å². The minimum atomic E-state index is -0.330. The Labute approximate surface area is 125 Å². The fourth-order valence-corrected chi connectivity index (χ4v) is 2.31. The third-order valence-electron chi connectivity index (χ3n) is 2.71. The molecule has 0 saturated heterocycles. The standard InChI is InChI=1S/C14H16BrFN4/c1-8(2)5-10-7-13(20-17)19-14(18-10)11-6-9(16)3-4-12(11)15/h3-4,6-8H,5,17H2,1-2H3,(H,18,19,20). The summed E-state index contributed by atoms with van der Waals surface area (Å²) in [6.07, 6.45) is 0.803. The summed E-state index contributed by atoms with van der Waals surface area (Å²) in [7, 11) is 0. The van der Waals surface area contributed by atoms with Gasteiger partial charge in [0.25, 0.3) is 0 Å². The number of hydrogen-bond donors (Lipinski definition) is 2. The Morgan fingerprint density at radius 2 is 2.05 bits per heavy atom. The van der Waals surface area contributed by atoms with Gasteiger partial charge in [-0.2, -0.15) is 0 Å². The molecule has 0 spiro atoms. The van der Waals surface area contributed by atoms with Crippen LogP contribution in [0.25, 0.3) is 11.4 Å². The van der Waals surface area contributed by atoms with E-state index in [1.807, 2.05) is 0 Å². The number of nitrogens with two attached hydrogens (primary N) is 1. The van der Waals surface area contributed by atoms with Crippen LogP contribution in [0.15, 0.2) is 28.7 Å². The van der Waals surface area contributed by atoms with Gasteiger partial charge in [-0.1, -0.05) is 29.8 Å². The Morgan fingerprint density at radius 3 is 2.70 bits per heavy atom. The SMILES string of the molecule is CC(C)Cc1cc(NN)nc(-c2cc(F)ccc2Br)n1. The topological polar surface area (TPSA) is 63.8 Å². The summed E-state index contributed by atoms with van der Waals surface area (Å²) in [4.78, 5) is 8.78. The minimum Gasteiger partial charge on any atom is -0.308 e. The van der Waals surface area contributed by atoms with Gasteiger partial charge in [0, 0.05) is 21.8 Å². The number of hydrazine groups is 1. The number of halogens is 2. The zero-order valence-electron chi connectivity index (χ0n) is 11.3. The van der Waals surface area contributed by atoms with Crippen molar-refractivity contribution in [3.05, 3.63) is 40.2 Å². The van der Waals surface area contributed by atoms with E-state index in [4.69, 9.17) is 5.84 Å². The molecule has 0 unspecified atom stereocenters. The molecular weight excluding hydrogens is 323 g/mol. The van der Waals surface area contributed by atoms with E-state index >= 15 is 0 Å². The monoisotopic (exact) mass is 338 g/mol. The van der Waals surface area contributed by atoms with Crippen molar-refractivity contribution in [3.8, 4) is 11.4 Å². The molecule has 0 amide bonds. The highest BCUT2D eigenvalue weighted by Crippen LogP contribution is 2.27. The summed E-state index contributed by atoms with van der Waals surface area (Å²) in [5, 5.41) is 0. The normalized spacial score (nSPS) is 10.9. The highest BCUT2D eigenvalue weighted by atomic mass is 79.9. The molecule has 0 aliphatic heterocycles. The Balaban J connectivity index is 2.52. The molecule has 0 fully saturated rings. The average molecular weight is 339 g/mol. The first-order valence-electron chi connectivity index (χ1n) is 6.29. The van der Waals surface area contributed by atoms with Gasteiger partial charge in [-0.15, -0.1) is 0 Å². The van der Waals surface area contributed by atoms with E-state index in [2.05, 4.69) is 45.2 Å². The first-order valence-corrected chi connectivity index (χ1v) is 7.09. The summed E-state index contributed by atoms with van der Waals surface area (Å²) in [6, 6.07) is 6.22. The summed E-state index contributed by atoms with van der Waals surface area (Å²) >= 11 is 3.39. The summed E-state index contributed by atoms with van der Waals surface area (Å²) < 4.78 is 14.1. The van der Waals surface area contributed by atoms with Crippen LogP contribution in [0.1, 0.15) is 19.5 Å². The molecule has 4 nitrogen and oxygen atoms in total. The second kappa shape index (κ2) is 6.28. The third-order valence-corrected chi connectivity index (χ3v) is 3.41. The molecule has 1 aromatic heterocycles. The molecule has 1 aromatic carbocycles. The maximum Gasteiger partial charge on any atom is 0.163 e. The molecule has 0 aliphatic carbocycles. The van der Waals surface area contributed by atoms with Crippen molar-refractivity contribution in [2.75, 3.05) is 5.43 Å². The van der Waals surface area contributed by atoms with E-state index in [9.17, 15) is 4.39 Å². The summed E-state index contributed by atoms with van der Waals surface area (Å²) in [6.45, 7) is 4.21. The molecule has 0 bridgehead atoms. The minimum absolute atomic E-state index is 0.330. The van der Waals surface area contributed by atoms with Crippen molar-refractivity contribution in [2.45, 2.75) is 20.3 Å². The van der Waals surface area contributed by atoms with Crippen LogP contribution < -0.4 is 11.3 Å². The molecular formula is C14H16BrFN4. The first kappa shape index (κ1) is 14.9. The number of nitrogens with zero attached hydrogens (tertiary/aromatic N) is 2. The molecule has 3 N–H and O–H groups in total. The number of anilines is 1.